The number of ether oxygens (including phenoxy) is 2. The van der Waals surface area contributed by atoms with E-state index in [-0.39, 0.29) is 47.4 Å². The van der Waals surface area contributed by atoms with E-state index < -0.39 is 37.3 Å². The Bertz CT molecular complexity index is 4100. The van der Waals surface area contributed by atoms with E-state index in [2.05, 4.69) is 114 Å². The summed E-state index contributed by atoms with van der Waals surface area (Å²) in [6, 6.07) is 8.27. The van der Waals surface area contributed by atoms with Gasteiger partial charge < -0.3 is 41.0 Å². The number of methoxy groups -OCH3 is 2. The standard InChI is InChI=1S/C24H29F3N6O.C24H36N6O2.C22H29F3N6O2/c1-14-4-6-16(7-5-14)20-10-18(17-8-9-19(29-12-17)22(34)28-3)21-13-30-23(32-33(20)21)31-15(2)11-24(25,26)27;1-16(14-32-5)27-23-25-12-22-20(18-11-26-29(13-18)15-24(2,3)4)10-21(30(22)28-23)17-6-8-19(31)9-7-17;1-14(10-22(23,24)25)28-21-26-12-20-18(16-11-27-30(13-16)7-8-33-2)9-19(31(20)29-21)15-3-5-17(32)6-4-15/h8-10,12-16H,4-7,11H2,1-3H3,(H,28,34)(H,31,32);10-13,16-17,19,31H,6-9,14-15H2,1-5H3,(H,27,28);9,11-15,17,32H,3-8,10H2,1-2H3,(H,28,29)/t14?,15-,16?;16-,17?,19?;14-,15?,17?/m000/s1. The van der Waals surface area contributed by atoms with Crippen molar-refractivity contribution in [3.8, 4) is 33.4 Å². The SMILES string of the molecule is CNC(=O)c1ccc(-c2cc(C3CCC(C)CC3)n3nc(N[C@@H](C)CC(F)(F)F)ncc23)cn1.COCCn1cc(-c2cc(C3CCC(O)CC3)n3nc(N[C@@H](C)CC(F)(F)F)ncc23)cn1.COC[C@H](C)Nc1ncc2c(-c3cnn(CC(C)(C)C)c3)cc(C3CCC(O)CC3)n2n1. The lowest BCUT2D eigenvalue weighted by molar-refractivity contribution is -0.137. The summed E-state index contributed by atoms with van der Waals surface area (Å²) in [5, 5.41) is 54.3. The molecule has 9 heterocycles. The zero-order chi connectivity index (χ0) is 70.9. The Labute approximate surface area is 572 Å². The average molecular weight is 1380 g/mol. The second-order valence-electron chi connectivity index (χ2n) is 28.3. The highest BCUT2D eigenvalue weighted by atomic mass is 19.4. The van der Waals surface area contributed by atoms with Crippen molar-refractivity contribution in [2.24, 2.45) is 11.3 Å². The highest BCUT2D eigenvalue weighted by molar-refractivity contribution is 5.93. The van der Waals surface area contributed by atoms with E-state index in [9.17, 15) is 41.4 Å². The molecule has 0 unspecified atom stereocenters. The first-order chi connectivity index (χ1) is 47.1. The van der Waals surface area contributed by atoms with Gasteiger partial charge in [0.05, 0.1) is 92.3 Å². The number of aromatic nitrogens is 14. The molecule has 9 aromatic heterocycles. The third kappa shape index (κ3) is 19.4. The van der Waals surface area contributed by atoms with Gasteiger partial charge in [-0.1, -0.05) is 46.6 Å². The molecule has 3 aliphatic carbocycles. The van der Waals surface area contributed by atoms with Crippen LogP contribution in [0.1, 0.15) is 184 Å². The smallest absolute Gasteiger partial charge is 0.391 e. The molecule has 0 radical (unpaired) electrons. The van der Waals surface area contributed by atoms with E-state index in [1.807, 2.05) is 40.8 Å². The van der Waals surface area contributed by atoms with Crippen molar-refractivity contribution in [3.63, 3.8) is 0 Å². The van der Waals surface area contributed by atoms with Crippen LogP contribution in [0, 0.1) is 11.3 Å². The molecule has 3 aliphatic rings. The molecule has 536 valence electrons. The van der Waals surface area contributed by atoms with Crippen LogP contribution in [0.4, 0.5) is 44.2 Å². The maximum atomic E-state index is 12.8. The number of nitrogens with zero attached hydrogens (tertiary/aromatic N) is 14. The number of amides is 1. The summed E-state index contributed by atoms with van der Waals surface area (Å²) in [6.07, 6.45) is 14.5. The van der Waals surface area contributed by atoms with Crippen LogP contribution in [0.5, 0.6) is 0 Å². The molecule has 0 aromatic carbocycles. The summed E-state index contributed by atoms with van der Waals surface area (Å²) in [5.74, 6) is 2.16. The quantitative estimate of drug-likeness (QED) is 0.0365. The number of alkyl halides is 6. The van der Waals surface area contributed by atoms with Gasteiger partial charge in [0.2, 0.25) is 17.8 Å². The molecule has 3 fully saturated rings. The van der Waals surface area contributed by atoms with Gasteiger partial charge in [0, 0.05) is 133 Å². The molecule has 29 heteroatoms. The Morgan fingerprint density at radius 2 is 0.970 bits per heavy atom. The predicted octanol–water partition coefficient (Wildman–Crippen LogP) is 13.3. The molecule has 1 amide bonds. The summed E-state index contributed by atoms with van der Waals surface area (Å²) in [4.78, 5) is 29.3. The number of aliphatic hydroxyl groups excluding tert-OH is 2. The summed E-state index contributed by atoms with van der Waals surface area (Å²) < 4.78 is 96.4. The maximum absolute atomic E-state index is 12.8. The Hall–Kier alpha value is -8.28. The van der Waals surface area contributed by atoms with Crippen LogP contribution in [-0.2, 0) is 22.6 Å². The minimum atomic E-state index is -4.27. The molecule has 0 spiro atoms. The Balaban J connectivity index is 0.000000161. The molecule has 9 aromatic rings. The monoisotopic (exact) mass is 1380 g/mol. The van der Waals surface area contributed by atoms with Crippen LogP contribution in [0.25, 0.3) is 49.9 Å². The second kappa shape index (κ2) is 31.9. The van der Waals surface area contributed by atoms with E-state index in [0.29, 0.717) is 62.0 Å². The number of nitrogens with one attached hydrogen (secondary N) is 4. The summed E-state index contributed by atoms with van der Waals surface area (Å²) >= 11 is 0. The van der Waals surface area contributed by atoms with Crippen LogP contribution < -0.4 is 21.3 Å². The topological polar surface area (TPSA) is 263 Å². The van der Waals surface area contributed by atoms with Gasteiger partial charge in [-0.25, -0.2) is 28.5 Å². The molecule has 3 atom stereocenters. The van der Waals surface area contributed by atoms with Crippen molar-refractivity contribution in [1.82, 2.24) is 73.7 Å². The molecular weight excluding hydrogens is 1290 g/mol. The van der Waals surface area contributed by atoms with Gasteiger partial charge in [0.15, 0.2) is 0 Å². The fourth-order valence-electron chi connectivity index (χ4n) is 13.6. The van der Waals surface area contributed by atoms with Gasteiger partial charge >= 0.3 is 12.4 Å². The fourth-order valence-corrected chi connectivity index (χ4v) is 13.6. The number of carbonyl (C=O) groups excluding carboxylic acids is 1. The number of carbonyl (C=O) groups is 1. The van der Waals surface area contributed by atoms with Crippen molar-refractivity contribution in [1.29, 1.82) is 0 Å². The lowest BCUT2D eigenvalue weighted by atomic mass is 9.81. The number of aliphatic hydroxyl groups is 2. The maximum Gasteiger partial charge on any atom is 0.391 e. The van der Waals surface area contributed by atoms with Crippen molar-refractivity contribution < 1.29 is 50.8 Å². The van der Waals surface area contributed by atoms with Gasteiger partial charge in [-0.3, -0.25) is 19.1 Å². The highest BCUT2D eigenvalue weighted by Gasteiger charge is 2.34. The molecule has 6 N–H and O–H groups in total. The summed E-state index contributed by atoms with van der Waals surface area (Å²) in [5.41, 5.74) is 11.8. The van der Waals surface area contributed by atoms with Gasteiger partial charge in [0.1, 0.15) is 5.69 Å². The minimum absolute atomic E-state index is 0.108. The van der Waals surface area contributed by atoms with Crippen molar-refractivity contribution in [2.45, 2.75) is 212 Å². The van der Waals surface area contributed by atoms with E-state index in [1.54, 1.807) is 65.8 Å². The van der Waals surface area contributed by atoms with E-state index >= 15 is 0 Å². The zero-order valence-corrected chi connectivity index (χ0v) is 58.1. The van der Waals surface area contributed by atoms with Crippen molar-refractivity contribution >= 4 is 40.3 Å². The lowest BCUT2D eigenvalue weighted by Crippen LogP contribution is -2.25. The van der Waals surface area contributed by atoms with Gasteiger partial charge in [0.25, 0.3) is 5.91 Å². The van der Waals surface area contributed by atoms with Crippen molar-refractivity contribution in [2.75, 3.05) is 50.4 Å². The largest absolute Gasteiger partial charge is 0.393 e. The van der Waals surface area contributed by atoms with Gasteiger partial charge in [-0.2, -0.15) is 36.5 Å². The first-order valence-electron chi connectivity index (χ1n) is 34.3. The van der Waals surface area contributed by atoms with E-state index in [0.717, 1.165) is 132 Å². The van der Waals surface area contributed by atoms with Crippen molar-refractivity contribution in [3.05, 3.63) is 103 Å². The molecule has 0 aliphatic heterocycles. The average Bonchev–Trinajstić information content (AvgIpc) is 1.63. The second-order valence-corrected chi connectivity index (χ2v) is 28.3. The predicted molar refractivity (Wildman–Crippen MR) is 367 cm³/mol. The lowest BCUT2D eigenvalue weighted by Gasteiger charge is -2.25. The molecule has 99 heavy (non-hydrogen) atoms. The normalized spacial score (nSPS) is 20.2. The number of anilines is 3. The number of hydrogen-bond acceptors (Lipinski definition) is 17. The van der Waals surface area contributed by atoms with E-state index in [4.69, 9.17) is 14.6 Å². The number of halogens is 6. The fraction of sp³-hybridized carbons (Fsp3) is 0.571. The first-order valence-corrected chi connectivity index (χ1v) is 34.3. The van der Waals surface area contributed by atoms with Crippen LogP contribution in [0.15, 0.2) is 79.9 Å². The van der Waals surface area contributed by atoms with Crippen LogP contribution in [0.2, 0.25) is 0 Å². The Kier molecular flexibility index (Phi) is 23.7. The summed E-state index contributed by atoms with van der Waals surface area (Å²) in [7, 11) is 4.88. The molecule has 23 nitrogen and oxygen atoms in total. The third-order valence-corrected chi connectivity index (χ3v) is 18.5. The molecule has 0 saturated heterocycles. The van der Waals surface area contributed by atoms with Gasteiger partial charge in [-0.15, -0.1) is 15.3 Å². The molecule has 0 bridgehead atoms. The first kappa shape index (κ1) is 73.4. The number of pyridine rings is 1. The third-order valence-electron chi connectivity index (χ3n) is 18.5. The number of rotatable bonds is 21. The van der Waals surface area contributed by atoms with Crippen LogP contribution >= 0.6 is 0 Å². The minimum Gasteiger partial charge on any atom is -0.393 e. The summed E-state index contributed by atoms with van der Waals surface area (Å²) in [6.45, 7) is 16.5. The van der Waals surface area contributed by atoms with E-state index in [1.165, 1.54) is 19.5 Å². The zero-order valence-electron chi connectivity index (χ0n) is 58.1. The van der Waals surface area contributed by atoms with Crippen LogP contribution in [-0.4, -0.2) is 162 Å². The Morgan fingerprint density at radius 3 is 1.36 bits per heavy atom. The highest BCUT2D eigenvalue weighted by Crippen LogP contribution is 2.42. The van der Waals surface area contributed by atoms with Crippen LogP contribution in [0.3, 0.4) is 0 Å². The molecule has 3 saturated carbocycles. The number of fused-ring (bicyclic) bond motifs is 3. The Morgan fingerprint density at radius 1 is 0.556 bits per heavy atom. The van der Waals surface area contributed by atoms with Gasteiger partial charge in [-0.05, 0) is 121 Å². The number of hydrogen-bond donors (Lipinski definition) is 6. The molecule has 12 rings (SSSR count). The molecular formula is C70H94F6N18O5.